The van der Waals surface area contributed by atoms with Gasteiger partial charge in [0.05, 0.1) is 5.70 Å². The van der Waals surface area contributed by atoms with Gasteiger partial charge >= 0.3 is 0 Å². The highest BCUT2D eigenvalue weighted by Crippen LogP contribution is 1.97. The summed E-state index contributed by atoms with van der Waals surface area (Å²) >= 11 is 0. The molecule has 0 aliphatic heterocycles. The molecule has 0 fully saturated rings. The lowest BCUT2D eigenvalue weighted by molar-refractivity contribution is 0.404. The Bertz CT molecular complexity index is 146. The van der Waals surface area contributed by atoms with Gasteiger partial charge in [0.15, 0.2) is 0 Å². The first-order valence-corrected chi connectivity index (χ1v) is 3.25. The molecule has 0 atom stereocenters. The number of hydrogen-bond donors (Lipinski definition) is 3. The smallest absolute Gasteiger partial charge is 0.113 e. The van der Waals surface area contributed by atoms with Crippen molar-refractivity contribution in [1.29, 1.82) is 0 Å². The number of nitrogens with one attached hydrogen (secondary N) is 1. The second-order valence-corrected chi connectivity index (χ2v) is 1.95. The molecule has 0 aromatic carbocycles. The minimum Gasteiger partial charge on any atom is -0.510 e. The molecule has 10 heavy (non-hydrogen) atoms. The average Bonchev–Trinajstić information content (AvgIpc) is 1.89. The van der Waals surface area contributed by atoms with Gasteiger partial charge in [0.2, 0.25) is 0 Å². The predicted octanol–water partition coefficient (Wildman–Crippen LogP) is 1.21. The van der Waals surface area contributed by atoms with Gasteiger partial charge in [-0.05, 0) is 19.4 Å². The minimum atomic E-state index is 0.201. The maximum Gasteiger partial charge on any atom is 0.113 e. The molecule has 0 saturated heterocycles. The Morgan fingerprint density at radius 2 is 2.30 bits per heavy atom. The summed E-state index contributed by atoms with van der Waals surface area (Å²) in [6.45, 7) is 3.59. The second-order valence-electron chi connectivity index (χ2n) is 1.95. The third-order valence-electron chi connectivity index (χ3n) is 1.07. The Balaban J connectivity index is 4.10. The van der Waals surface area contributed by atoms with E-state index in [2.05, 4.69) is 5.43 Å². The lowest BCUT2D eigenvalue weighted by atomic mass is 10.3. The van der Waals surface area contributed by atoms with E-state index in [-0.39, 0.29) is 5.76 Å². The fourth-order valence-corrected chi connectivity index (χ4v) is 0.509. The molecular formula is C7H14N2O. The van der Waals surface area contributed by atoms with Crippen LogP contribution >= 0.6 is 0 Å². The number of hydrogen-bond acceptors (Lipinski definition) is 3. The van der Waals surface area contributed by atoms with Crippen molar-refractivity contribution in [2.45, 2.75) is 20.3 Å². The molecule has 0 aliphatic rings. The average molecular weight is 142 g/mol. The molecule has 58 valence electrons. The Morgan fingerprint density at radius 1 is 1.70 bits per heavy atom. The molecule has 0 bridgehead atoms. The van der Waals surface area contributed by atoms with Gasteiger partial charge in [-0.3, -0.25) is 5.84 Å². The van der Waals surface area contributed by atoms with Crippen LogP contribution in [0, 0.1) is 0 Å². The van der Waals surface area contributed by atoms with Gasteiger partial charge < -0.3 is 10.5 Å². The first kappa shape index (κ1) is 9.04. The van der Waals surface area contributed by atoms with Crippen molar-refractivity contribution in [2.75, 3.05) is 0 Å². The van der Waals surface area contributed by atoms with Crippen molar-refractivity contribution in [3.05, 3.63) is 23.6 Å². The van der Waals surface area contributed by atoms with Crippen LogP contribution in [0.3, 0.4) is 0 Å². The molecule has 0 aromatic heterocycles. The maximum absolute atomic E-state index is 8.92. The summed E-state index contributed by atoms with van der Waals surface area (Å²) in [5.41, 5.74) is 2.94. The molecule has 0 unspecified atom stereocenters. The topological polar surface area (TPSA) is 58.3 Å². The lowest BCUT2D eigenvalue weighted by Crippen LogP contribution is -2.21. The quantitative estimate of drug-likeness (QED) is 0.240. The van der Waals surface area contributed by atoms with Gasteiger partial charge in [-0.2, -0.15) is 0 Å². The molecular weight excluding hydrogens is 128 g/mol. The standard InChI is InChI=1S/C7H14N2O/c1-3-4-5-7(9-8)6(2)10/h4-5,9-10H,3,8H2,1-2H3/b5-4-,7-6-. The van der Waals surface area contributed by atoms with E-state index in [0.29, 0.717) is 5.70 Å². The summed E-state index contributed by atoms with van der Waals surface area (Å²) in [5, 5.41) is 8.92. The van der Waals surface area contributed by atoms with Crippen molar-refractivity contribution in [3.8, 4) is 0 Å². The fourth-order valence-electron chi connectivity index (χ4n) is 0.509. The fraction of sp³-hybridized carbons (Fsp3) is 0.429. The third kappa shape index (κ3) is 3.14. The van der Waals surface area contributed by atoms with E-state index in [9.17, 15) is 0 Å². The molecule has 0 heterocycles. The summed E-state index contributed by atoms with van der Waals surface area (Å²) < 4.78 is 0. The number of nitrogens with two attached hydrogens (primary N) is 1. The number of hydrazine groups is 1. The molecule has 0 saturated carbocycles. The summed E-state index contributed by atoms with van der Waals surface area (Å²) in [4.78, 5) is 0. The molecule has 0 spiro atoms. The molecule has 3 nitrogen and oxygen atoms in total. The van der Waals surface area contributed by atoms with Crippen LogP contribution in [0.4, 0.5) is 0 Å². The van der Waals surface area contributed by atoms with E-state index in [4.69, 9.17) is 10.9 Å². The highest BCUT2D eigenvalue weighted by Gasteiger charge is 1.90. The first-order valence-electron chi connectivity index (χ1n) is 3.25. The van der Waals surface area contributed by atoms with Gasteiger partial charge in [0.1, 0.15) is 5.76 Å². The van der Waals surface area contributed by atoms with E-state index < -0.39 is 0 Å². The first-order chi connectivity index (χ1) is 4.72. The monoisotopic (exact) mass is 142 g/mol. The lowest BCUT2D eigenvalue weighted by Gasteiger charge is -2.00. The highest BCUT2D eigenvalue weighted by molar-refractivity contribution is 5.17. The van der Waals surface area contributed by atoms with Crippen LogP contribution in [0.1, 0.15) is 20.3 Å². The molecule has 3 heteroatoms. The largest absolute Gasteiger partial charge is 0.510 e. The van der Waals surface area contributed by atoms with Gasteiger partial charge in [-0.25, -0.2) is 0 Å². The van der Waals surface area contributed by atoms with Crippen molar-refractivity contribution in [1.82, 2.24) is 5.43 Å². The van der Waals surface area contributed by atoms with E-state index in [1.54, 1.807) is 13.0 Å². The molecule has 0 aromatic rings. The van der Waals surface area contributed by atoms with E-state index in [0.717, 1.165) is 6.42 Å². The summed E-state index contributed by atoms with van der Waals surface area (Å²) in [6, 6.07) is 0. The van der Waals surface area contributed by atoms with E-state index >= 15 is 0 Å². The second kappa shape index (κ2) is 4.88. The molecule has 0 aliphatic carbocycles. The Kier molecular flexibility index (Phi) is 4.41. The van der Waals surface area contributed by atoms with Crippen LogP contribution in [0.25, 0.3) is 0 Å². The van der Waals surface area contributed by atoms with Crippen molar-refractivity contribution in [3.63, 3.8) is 0 Å². The SMILES string of the molecule is CC/C=C\C(NN)=C(/C)O. The van der Waals surface area contributed by atoms with Crippen LogP contribution in [-0.4, -0.2) is 5.11 Å². The van der Waals surface area contributed by atoms with Crippen molar-refractivity contribution in [2.24, 2.45) is 5.84 Å². The van der Waals surface area contributed by atoms with Crippen LogP contribution in [0.15, 0.2) is 23.6 Å². The van der Waals surface area contributed by atoms with Gasteiger partial charge in [0, 0.05) is 0 Å². The Morgan fingerprint density at radius 3 is 2.60 bits per heavy atom. The highest BCUT2D eigenvalue weighted by atomic mass is 16.3. The van der Waals surface area contributed by atoms with Crippen LogP contribution in [-0.2, 0) is 0 Å². The predicted molar refractivity (Wildman–Crippen MR) is 42.1 cm³/mol. The number of rotatable bonds is 3. The van der Waals surface area contributed by atoms with Crippen molar-refractivity contribution >= 4 is 0 Å². The molecule has 4 N–H and O–H groups in total. The third-order valence-corrected chi connectivity index (χ3v) is 1.07. The summed E-state index contributed by atoms with van der Waals surface area (Å²) in [7, 11) is 0. The van der Waals surface area contributed by atoms with Crippen molar-refractivity contribution < 1.29 is 5.11 Å². The Labute approximate surface area is 61.2 Å². The van der Waals surface area contributed by atoms with Gasteiger partial charge in [-0.15, -0.1) is 0 Å². The zero-order valence-corrected chi connectivity index (χ0v) is 6.39. The summed E-state index contributed by atoms with van der Waals surface area (Å²) in [6.07, 6.45) is 4.59. The number of aliphatic hydroxyl groups is 1. The number of allylic oxidation sites excluding steroid dienone is 3. The van der Waals surface area contributed by atoms with Crippen LogP contribution < -0.4 is 11.3 Å². The molecule has 0 amide bonds. The van der Waals surface area contributed by atoms with Gasteiger partial charge in [-0.1, -0.05) is 13.0 Å². The van der Waals surface area contributed by atoms with Crippen LogP contribution in [0.5, 0.6) is 0 Å². The molecule has 0 radical (unpaired) electrons. The zero-order chi connectivity index (χ0) is 7.98. The van der Waals surface area contributed by atoms with E-state index in [1.165, 1.54) is 0 Å². The zero-order valence-electron chi connectivity index (χ0n) is 6.39. The normalized spacial score (nSPS) is 13.5. The Hall–Kier alpha value is -0.960. The van der Waals surface area contributed by atoms with Gasteiger partial charge in [0.25, 0.3) is 0 Å². The summed E-state index contributed by atoms with van der Waals surface area (Å²) in [5.74, 6) is 5.30. The minimum absolute atomic E-state index is 0.201. The molecule has 0 rings (SSSR count). The van der Waals surface area contributed by atoms with Crippen LogP contribution in [0.2, 0.25) is 0 Å². The number of aliphatic hydroxyl groups excluding tert-OH is 1. The maximum atomic E-state index is 8.92. The van der Waals surface area contributed by atoms with E-state index in [1.807, 2.05) is 13.0 Å².